The highest BCUT2D eigenvalue weighted by atomic mass is 16.4. The summed E-state index contributed by atoms with van der Waals surface area (Å²) in [6.07, 6.45) is 3.40. The average Bonchev–Trinajstić information content (AvgIpc) is 2.95. The first kappa shape index (κ1) is 14.8. The van der Waals surface area contributed by atoms with Gasteiger partial charge in [0.1, 0.15) is 0 Å². The van der Waals surface area contributed by atoms with E-state index in [2.05, 4.69) is 5.32 Å². The van der Waals surface area contributed by atoms with Crippen molar-refractivity contribution in [3.63, 3.8) is 0 Å². The number of hydrogen-bond acceptors (Lipinski definition) is 3. The van der Waals surface area contributed by atoms with Crippen LogP contribution < -0.4 is 5.32 Å². The molecule has 1 saturated heterocycles. The molecule has 20 heavy (non-hydrogen) atoms. The van der Waals surface area contributed by atoms with Gasteiger partial charge in [-0.3, -0.25) is 14.4 Å². The number of carboxylic acid groups (broad SMARTS) is 1. The molecule has 2 unspecified atom stereocenters. The number of piperidine rings is 1. The highest BCUT2D eigenvalue weighted by Crippen LogP contribution is 2.34. The smallest absolute Gasteiger partial charge is 0.307 e. The Kier molecular flexibility index (Phi) is 4.62. The quantitative estimate of drug-likeness (QED) is 0.788. The van der Waals surface area contributed by atoms with Gasteiger partial charge in [-0.15, -0.1) is 0 Å². The van der Waals surface area contributed by atoms with Gasteiger partial charge in [0.2, 0.25) is 11.8 Å². The first-order valence-electron chi connectivity index (χ1n) is 7.27. The van der Waals surface area contributed by atoms with Gasteiger partial charge in [-0.1, -0.05) is 6.42 Å². The first-order valence-corrected chi connectivity index (χ1v) is 7.27. The van der Waals surface area contributed by atoms with Crippen molar-refractivity contribution < 1.29 is 19.5 Å². The van der Waals surface area contributed by atoms with Crippen LogP contribution in [0.1, 0.15) is 32.1 Å². The molecule has 6 heteroatoms. The molecule has 0 aromatic carbocycles. The minimum atomic E-state index is -0.860. The largest absolute Gasteiger partial charge is 0.481 e. The van der Waals surface area contributed by atoms with Gasteiger partial charge in [-0.25, -0.2) is 0 Å². The summed E-state index contributed by atoms with van der Waals surface area (Å²) in [6, 6.07) is 0. The number of rotatable bonds is 3. The maximum Gasteiger partial charge on any atom is 0.307 e. The molecule has 2 N–H and O–H groups in total. The number of hydrogen-bond donors (Lipinski definition) is 2. The van der Waals surface area contributed by atoms with Crippen LogP contribution in [-0.2, 0) is 14.4 Å². The van der Waals surface area contributed by atoms with Crippen molar-refractivity contribution in [1.29, 1.82) is 0 Å². The van der Waals surface area contributed by atoms with Crippen molar-refractivity contribution in [1.82, 2.24) is 10.2 Å². The summed E-state index contributed by atoms with van der Waals surface area (Å²) >= 11 is 0. The first-order chi connectivity index (χ1) is 9.54. The van der Waals surface area contributed by atoms with E-state index < -0.39 is 11.9 Å². The summed E-state index contributed by atoms with van der Waals surface area (Å²) < 4.78 is 0. The number of nitrogens with one attached hydrogen (secondary N) is 1. The zero-order chi connectivity index (χ0) is 14.7. The molecule has 0 spiro atoms. The summed E-state index contributed by atoms with van der Waals surface area (Å²) in [5, 5.41) is 11.8. The topological polar surface area (TPSA) is 86.7 Å². The Balaban J connectivity index is 1.91. The predicted molar refractivity (Wildman–Crippen MR) is 71.8 cm³/mol. The van der Waals surface area contributed by atoms with E-state index in [1.807, 2.05) is 0 Å². The second kappa shape index (κ2) is 6.24. The van der Waals surface area contributed by atoms with E-state index in [1.165, 1.54) is 0 Å². The van der Waals surface area contributed by atoms with Crippen molar-refractivity contribution in [2.24, 2.45) is 17.8 Å². The molecule has 2 amide bonds. The molecule has 1 heterocycles. The van der Waals surface area contributed by atoms with Crippen LogP contribution in [0.2, 0.25) is 0 Å². The monoisotopic (exact) mass is 282 g/mol. The second-order valence-corrected chi connectivity index (χ2v) is 5.70. The maximum atomic E-state index is 12.4. The molecule has 0 aromatic heterocycles. The lowest BCUT2D eigenvalue weighted by atomic mass is 9.91. The Morgan fingerprint density at radius 2 is 1.65 bits per heavy atom. The summed E-state index contributed by atoms with van der Waals surface area (Å²) in [6.45, 7) is 1.11. The normalized spacial score (nSPS) is 27.4. The van der Waals surface area contributed by atoms with Crippen molar-refractivity contribution in [3.05, 3.63) is 0 Å². The van der Waals surface area contributed by atoms with Crippen LogP contribution in [0.25, 0.3) is 0 Å². The van der Waals surface area contributed by atoms with Gasteiger partial charge < -0.3 is 15.3 Å². The number of carboxylic acids is 1. The third-order valence-corrected chi connectivity index (χ3v) is 4.57. The molecule has 2 aliphatic rings. The third kappa shape index (κ3) is 2.94. The Hall–Kier alpha value is -1.59. The Labute approximate surface area is 118 Å². The van der Waals surface area contributed by atoms with E-state index in [-0.39, 0.29) is 23.7 Å². The van der Waals surface area contributed by atoms with Gasteiger partial charge >= 0.3 is 5.97 Å². The highest BCUT2D eigenvalue weighted by molar-refractivity contribution is 5.85. The fourth-order valence-electron chi connectivity index (χ4n) is 3.35. The minimum Gasteiger partial charge on any atom is -0.481 e. The van der Waals surface area contributed by atoms with Gasteiger partial charge in [0.25, 0.3) is 0 Å². The van der Waals surface area contributed by atoms with Crippen LogP contribution in [0.3, 0.4) is 0 Å². The van der Waals surface area contributed by atoms with Crippen molar-refractivity contribution in [3.8, 4) is 0 Å². The minimum absolute atomic E-state index is 0.0251. The Morgan fingerprint density at radius 1 is 1.05 bits per heavy atom. The lowest BCUT2D eigenvalue weighted by Gasteiger charge is -2.33. The maximum absolute atomic E-state index is 12.4. The standard InChI is InChI=1S/C14H22N2O4/c1-15-12(17)9-5-7-16(8-6-9)13(18)10-3-2-4-11(10)14(19)20/h9-11H,2-8H2,1H3,(H,15,17)(H,19,20). The van der Waals surface area contributed by atoms with E-state index in [9.17, 15) is 14.4 Å². The molecule has 0 radical (unpaired) electrons. The molecule has 1 saturated carbocycles. The van der Waals surface area contributed by atoms with Crippen molar-refractivity contribution in [2.75, 3.05) is 20.1 Å². The highest BCUT2D eigenvalue weighted by Gasteiger charge is 2.40. The van der Waals surface area contributed by atoms with Crippen LogP contribution in [-0.4, -0.2) is 47.9 Å². The summed E-state index contributed by atoms with van der Waals surface area (Å²) in [4.78, 5) is 36.9. The summed E-state index contributed by atoms with van der Waals surface area (Å²) in [5.74, 6) is -1.79. The van der Waals surface area contributed by atoms with Gasteiger partial charge in [0.05, 0.1) is 11.8 Å². The molecule has 2 atom stereocenters. The third-order valence-electron chi connectivity index (χ3n) is 4.57. The molecule has 0 aromatic rings. The summed E-state index contributed by atoms with van der Waals surface area (Å²) in [5.41, 5.74) is 0. The zero-order valence-electron chi connectivity index (χ0n) is 11.8. The fraction of sp³-hybridized carbons (Fsp3) is 0.786. The van der Waals surface area contributed by atoms with E-state index in [0.717, 1.165) is 6.42 Å². The molecular weight excluding hydrogens is 260 g/mol. The van der Waals surface area contributed by atoms with Crippen LogP contribution in [0.15, 0.2) is 0 Å². The van der Waals surface area contributed by atoms with Crippen LogP contribution in [0.5, 0.6) is 0 Å². The van der Waals surface area contributed by atoms with E-state index >= 15 is 0 Å². The van der Waals surface area contributed by atoms with Crippen molar-refractivity contribution >= 4 is 17.8 Å². The molecule has 6 nitrogen and oxygen atoms in total. The molecule has 1 aliphatic carbocycles. The average molecular weight is 282 g/mol. The number of carbonyl (C=O) groups excluding carboxylic acids is 2. The fourth-order valence-corrected chi connectivity index (χ4v) is 3.35. The lowest BCUT2D eigenvalue weighted by Crippen LogP contribution is -2.45. The van der Waals surface area contributed by atoms with Gasteiger partial charge in [0, 0.05) is 26.1 Å². The number of likely N-dealkylation sites (tertiary alicyclic amines) is 1. The predicted octanol–water partition coefficient (Wildman–Crippen LogP) is 0.472. The molecule has 2 fully saturated rings. The zero-order valence-corrected chi connectivity index (χ0v) is 11.8. The molecule has 112 valence electrons. The number of amides is 2. The van der Waals surface area contributed by atoms with Crippen LogP contribution in [0.4, 0.5) is 0 Å². The van der Waals surface area contributed by atoms with Crippen molar-refractivity contribution in [2.45, 2.75) is 32.1 Å². The Morgan fingerprint density at radius 3 is 2.20 bits per heavy atom. The second-order valence-electron chi connectivity index (χ2n) is 5.70. The SMILES string of the molecule is CNC(=O)C1CCN(C(=O)C2CCCC2C(=O)O)CC1. The molecule has 0 bridgehead atoms. The summed E-state index contributed by atoms with van der Waals surface area (Å²) in [7, 11) is 1.62. The number of nitrogens with zero attached hydrogens (tertiary/aromatic N) is 1. The van der Waals surface area contributed by atoms with Gasteiger partial charge in [-0.2, -0.15) is 0 Å². The molecule has 2 rings (SSSR count). The van der Waals surface area contributed by atoms with Crippen LogP contribution >= 0.6 is 0 Å². The Bertz CT molecular complexity index is 402. The van der Waals surface area contributed by atoms with E-state index in [4.69, 9.17) is 5.11 Å². The number of carbonyl (C=O) groups is 3. The van der Waals surface area contributed by atoms with Crippen LogP contribution in [0, 0.1) is 17.8 Å². The molecular formula is C14H22N2O4. The van der Waals surface area contributed by atoms with Gasteiger partial charge in [0.15, 0.2) is 0 Å². The number of aliphatic carboxylic acids is 1. The lowest BCUT2D eigenvalue weighted by molar-refractivity contribution is -0.149. The van der Waals surface area contributed by atoms with Gasteiger partial charge in [-0.05, 0) is 25.7 Å². The van der Waals surface area contributed by atoms with E-state index in [0.29, 0.717) is 38.8 Å². The molecule has 1 aliphatic heterocycles. The van der Waals surface area contributed by atoms with E-state index in [1.54, 1.807) is 11.9 Å².